The third kappa shape index (κ3) is 7.28. The minimum atomic E-state index is 0. The van der Waals surface area contributed by atoms with E-state index >= 15 is 0 Å². The van der Waals surface area contributed by atoms with Crippen molar-refractivity contribution in [2.45, 2.75) is 39.5 Å². The van der Waals surface area contributed by atoms with Gasteiger partial charge < -0.3 is 9.97 Å². The molecule has 0 atom stereocenters. The SMILES string of the molecule is CC(C)c1[c-]c(-c2nccc3c2ccc2ccccc23)cc(C(C)C)c1.[Ir].[c-]1ccc(-c2ccccc2)cc1-c1ccccn1. The Morgan fingerprint density at radius 2 is 1.33 bits per heavy atom. The van der Waals surface area contributed by atoms with Gasteiger partial charge in [0.25, 0.3) is 0 Å². The van der Waals surface area contributed by atoms with Crippen LogP contribution in [0, 0.1) is 12.1 Å². The topological polar surface area (TPSA) is 25.8 Å². The van der Waals surface area contributed by atoms with Gasteiger partial charge in [-0.1, -0.05) is 107 Å². The Bertz CT molecular complexity index is 1930. The Morgan fingerprint density at radius 3 is 2.09 bits per heavy atom. The van der Waals surface area contributed by atoms with E-state index in [-0.39, 0.29) is 20.1 Å². The van der Waals surface area contributed by atoms with Crippen LogP contribution in [0.1, 0.15) is 50.7 Å². The number of fused-ring (bicyclic) bond motifs is 3. The van der Waals surface area contributed by atoms with Crippen molar-refractivity contribution in [3.05, 3.63) is 157 Å². The molecule has 0 saturated heterocycles. The van der Waals surface area contributed by atoms with E-state index in [9.17, 15) is 0 Å². The van der Waals surface area contributed by atoms with Gasteiger partial charge >= 0.3 is 0 Å². The predicted molar refractivity (Wildman–Crippen MR) is 186 cm³/mol. The molecule has 7 aromatic rings. The van der Waals surface area contributed by atoms with Gasteiger partial charge in [-0.15, -0.1) is 70.3 Å². The van der Waals surface area contributed by atoms with Crippen molar-refractivity contribution in [3.8, 4) is 33.6 Å². The molecule has 0 spiro atoms. The van der Waals surface area contributed by atoms with Crippen molar-refractivity contribution in [1.82, 2.24) is 9.97 Å². The molecule has 2 heterocycles. The standard InChI is InChI=1S/C25H24N.C17H12N.Ir/c1-16(2)19-13-20(17(3)4)15-21(14-19)25-24-10-9-18-7-5-6-8-22(18)23(24)11-12-26-25;1-2-7-14(8-3-1)15-9-6-10-16(13-15)17-11-4-5-12-18-17;/h5-14,16-17H,1-4H3;1-9,11-13H;/q2*-1;. The van der Waals surface area contributed by atoms with Crippen LogP contribution in [-0.2, 0) is 20.1 Å². The fraction of sp³-hybridized carbons (Fsp3) is 0.143. The summed E-state index contributed by atoms with van der Waals surface area (Å²) in [7, 11) is 0. The summed E-state index contributed by atoms with van der Waals surface area (Å²) < 4.78 is 0. The minimum Gasteiger partial charge on any atom is -0.305 e. The first-order valence-corrected chi connectivity index (χ1v) is 15.3. The summed E-state index contributed by atoms with van der Waals surface area (Å²) in [4.78, 5) is 9.11. The molecule has 0 amide bonds. The van der Waals surface area contributed by atoms with Gasteiger partial charge in [-0.3, -0.25) is 0 Å². The molecule has 0 unspecified atom stereocenters. The number of hydrogen-bond acceptors (Lipinski definition) is 2. The van der Waals surface area contributed by atoms with Crippen molar-refractivity contribution in [3.63, 3.8) is 0 Å². The van der Waals surface area contributed by atoms with E-state index in [4.69, 9.17) is 4.98 Å². The zero-order valence-electron chi connectivity index (χ0n) is 26.1. The Balaban J connectivity index is 0.000000185. The van der Waals surface area contributed by atoms with E-state index in [0.717, 1.165) is 22.5 Å². The summed E-state index contributed by atoms with van der Waals surface area (Å²) in [5.41, 5.74) is 9.11. The van der Waals surface area contributed by atoms with Crippen LogP contribution in [0.25, 0.3) is 55.2 Å². The van der Waals surface area contributed by atoms with Crippen LogP contribution >= 0.6 is 0 Å². The normalized spacial score (nSPS) is 10.9. The zero-order chi connectivity index (χ0) is 30.5. The predicted octanol–water partition coefficient (Wildman–Crippen LogP) is 11.3. The van der Waals surface area contributed by atoms with Gasteiger partial charge in [-0.25, -0.2) is 0 Å². The van der Waals surface area contributed by atoms with Gasteiger partial charge in [0, 0.05) is 32.5 Å². The van der Waals surface area contributed by atoms with E-state index in [1.165, 1.54) is 43.8 Å². The van der Waals surface area contributed by atoms with Gasteiger partial charge in [0.2, 0.25) is 0 Å². The average molecular weight is 761 g/mol. The fourth-order valence-corrected chi connectivity index (χ4v) is 5.49. The molecule has 7 rings (SSSR count). The second-order valence-electron chi connectivity index (χ2n) is 11.7. The summed E-state index contributed by atoms with van der Waals surface area (Å²) in [6.45, 7) is 8.94. The molecule has 3 heteroatoms. The minimum absolute atomic E-state index is 0. The second-order valence-corrected chi connectivity index (χ2v) is 11.7. The van der Waals surface area contributed by atoms with Gasteiger partial charge in [0.1, 0.15) is 0 Å². The van der Waals surface area contributed by atoms with Crippen LogP contribution < -0.4 is 0 Å². The Hall–Kier alpha value is -4.43. The molecule has 0 aliphatic heterocycles. The third-order valence-corrected chi connectivity index (χ3v) is 7.98. The van der Waals surface area contributed by atoms with Gasteiger partial charge in [0.05, 0.1) is 0 Å². The number of rotatable bonds is 5. The number of hydrogen-bond donors (Lipinski definition) is 0. The van der Waals surface area contributed by atoms with Crippen molar-refractivity contribution < 1.29 is 20.1 Å². The molecule has 45 heavy (non-hydrogen) atoms. The van der Waals surface area contributed by atoms with Crippen LogP contribution in [0.2, 0.25) is 0 Å². The first-order chi connectivity index (χ1) is 21.5. The number of pyridine rings is 2. The maximum absolute atomic E-state index is 4.75. The van der Waals surface area contributed by atoms with Crippen molar-refractivity contribution in [2.75, 3.05) is 0 Å². The van der Waals surface area contributed by atoms with Crippen LogP contribution in [-0.4, -0.2) is 9.97 Å². The Labute approximate surface area is 280 Å². The molecule has 225 valence electrons. The van der Waals surface area contributed by atoms with Gasteiger partial charge in [-0.2, -0.15) is 0 Å². The largest absolute Gasteiger partial charge is 0.305 e. The first-order valence-electron chi connectivity index (χ1n) is 15.3. The fourth-order valence-electron chi connectivity index (χ4n) is 5.49. The molecule has 0 N–H and O–H groups in total. The Morgan fingerprint density at radius 1 is 0.556 bits per heavy atom. The summed E-state index contributed by atoms with van der Waals surface area (Å²) in [5.74, 6) is 0.930. The smallest absolute Gasteiger partial charge is 0.0167 e. The molecule has 0 saturated carbocycles. The molecular weight excluding hydrogens is 725 g/mol. The number of nitrogens with zero attached hydrogens (tertiary/aromatic N) is 2. The average Bonchev–Trinajstić information content (AvgIpc) is 3.09. The summed E-state index contributed by atoms with van der Waals surface area (Å²) in [6.07, 6.45) is 3.73. The zero-order valence-corrected chi connectivity index (χ0v) is 28.5. The van der Waals surface area contributed by atoms with Gasteiger partial charge in [-0.05, 0) is 62.5 Å². The van der Waals surface area contributed by atoms with Crippen LogP contribution in [0.5, 0.6) is 0 Å². The van der Waals surface area contributed by atoms with Crippen LogP contribution in [0.4, 0.5) is 0 Å². The van der Waals surface area contributed by atoms with Crippen LogP contribution in [0.15, 0.2) is 134 Å². The maximum Gasteiger partial charge on any atom is 0.0167 e. The Kier molecular flexibility index (Phi) is 10.4. The van der Waals surface area contributed by atoms with Crippen molar-refractivity contribution >= 4 is 21.5 Å². The molecule has 0 fully saturated rings. The first kappa shape index (κ1) is 32.0. The number of aromatic nitrogens is 2. The number of benzene rings is 5. The van der Waals surface area contributed by atoms with E-state index in [1.807, 2.05) is 48.7 Å². The van der Waals surface area contributed by atoms with Crippen LogP contribution in [0.3, 0.4) is 0 Å². The molecule has 5 aromatic carbocycles. The second kappa shape index (κ2) is 14.6. The maximum atomic E-state index is 4.75. The quantitative estimate of drug-likeness (QED) is 0.129. The van der Waals surface area contributed by atoms with E-state index < -0.39 is 0 Å². The van der Waals surface area contributed by atoms with Crippen molar-refractivity contribution in [1.29, 1.82) is 0 Å². The van der Waals surface area contributed by atoms with E-state index in [2.05, 4.69) is 124 Å². The molecule has 2 nitrogen and oxygen atoms in total. The molecule has 2 aromatic heterocycles. The van der Waals surface area contributed by atoms with Crippen molar-refractivity contribution in [2.24, 2.45) is 0 Å². The molecular formula is C42H36IrN2-2. The van der Waals surface area contributed by atoms with Gasteiger partial charge in [0.15, 0.2) is 0 Å². The molecule has 0 aliphatic rings. The molecule has 0 aliphatic carbocycles. The summed E-state index contributed by atoms with van der Waals surface area (Å²) >= 11 is 0. The summed E-state index contributed by atoms with van der Waals surface area (Å²) in [6, 6.07) is 48.9. The van der Waals surface area contributed by atoms with E-state index in [1.54, 1.807) is 6.20 Å². The monoisotopic (exact) mass is 761 g/mol. The third-order valence-electron chi connectivity index (χ3n) is 7.98. The summed E-state index contributed by atoms with van der Waals surface area (Å²) in [5, 5.41) is 4.98. The molecule has 0 bridgehead atoms. The molecule has 1 radical (unpaired) electrons. The van der Waals surface area contributed by atoms with E-state index in [0.29, 0.717) is 11.8 Å².